The van der Waals surface area contributed by atoms with E-state index in [-0.39, 0.29) is 12.1 Å². The molecule has 1 rings (SSSR count). The minimum absolute atomic E-state index is 0.0124. The van der Waals surface area contributed by atoms with Crippen LogP contribution in [0.3, 0.4) is 0 Å². The number of esters is 1. The topological polar surface area (TPSA) is 26.3 Å². The van der Waals surface area contributed by atoms with Crippen LogP contribution in [0.4, 0.5) is 0 Å². The highest BCUT2D eigenvalue weighted by Gasteiger charge is 2.13. The second-order valence-corrected chi connectivity index (χ2v) is 6.76. The molecule has 0 bridgehead atoms. The zero-order valence-corrected chi connectivity index (χ0v) is 14.5. The Labute approximate surface area is 137 Å². The number of allylic oxidation sites excluding steroid dienone is 1. The van der Waals surface area contributed by atoms with Gasteiger partial charge in [-0.1, -0.05) is 70.3 Å². The quantitative estimate of drug-likeness (QED) is 0.449. The molecule has 1 aliphatic rings. The summed E-state index contributed by atoms with van der Waals surface area (Å²) in [6.07, 6.45) is 21.1. The molecule has 1 saturated heterocycles. The van der Waals surface area contributed by atoms with E-state index < -0.39 is 0 Å². The van der Waals surface area contributed by atoms with Gasteiger partial charge in [-0.2, -0.15) is 0 Å². The zero-order valence-electron chi connectivity index (χ0n) is 14.5. The summed E-state index contributed by atoms with van der Waals surface area (Å²) in [5, 5.41) is 0. The molecule has 0 aliphatic carbocycles. The lowest BCUT2D eigenvalue weighted by Crippen LogP contribution is -2.18. The van der Waals surface area contributed by atoms with Crippen LogP contribution in [0.15, 0.2) is 12.7 Å². The molecule has 0 N–H and O–H groups in total. The Morgan fingerprint density at radius 2 is 1.36 bits per heavy atom. The van der Waals surface area contributed by atoms with E-state index in [1.807, 2.05) is 6.08 Å². The van der Waals surface area contributed by atoms with E-state index in [2.05, 4.69) is 6.58 Å². The van der Waals surface area contributed by atoms with Gasteiger partial charge in [-0.15, -0.1) is 6.58 Å². The Balaban J connectivity index is 2.35. The molecule has 1 heterocycles. The van der Waals surface area contributed by atoms with Crippen LogP contribution in [0.25, 0.3) is 0 Å². The second kappa shape index (κ2) is 13.8. The van der Waals surface area contributed by atoms with Crippen LogP contribution in [0, 0.1) is 0 Å². The van der Waals surface area contributed by atoms with Crippen LogP contribution in [0.2, 0.25) is 0 Å². The molecule has 2 nitrogen and oxygen atoms in total. The van der Waals surface area contributed by atoms with Crippen LogP contribution in [-0.4, -0.2) is 12.1 Å². The van der Waals surface area contributed by atoms with Crippen LogP contribution < -0.4 is 0 Å². The predicted octanol–water partition coefficient (Wildman–Crippen LogP) is 6.34. The number of hydrogen-bond acceptors (Lipinski definition) is 2. The Hall–Kier alpha value is -0.790. The molecule has 1 unspecified atom stereocenters. The van der Waals surface area contributed by atoms with Crippen molar-refractivity contribution in [3.05, 3.63) is 12.7 Å². The van der Waals surface area contributed by atoms with Crippen LogP contribution in [0.5, 0.6) is 0 Å². The standard InChI is InChI=1S/C20H36O2/c1-2-3-16-19-17-14-12-10-8-6-4-5-7-9-11-13-15-18-20(21)22-19/h2,19H,1,3-18H2. The van der Waals surface area contributed by atoms with Crippen molar-refractivity contribution in [1.82, 2.24) is 0 Å². The van der Waals surface area contributed by atoms with Crippen molar-refractivity contribution < 1.29 is 9.53 Å². The smallest absolute Gasteiger partial charge is 0.306 e. The normalized spacial score (nSPS) is 24.2. The van der Waals surface area contributed by atoms with Crippen molar-refractivity contribution in [2.45, 2.75) is 109 Å². The highest BCUT2D eigenvalue weighted by molar-refractivity contribution is 5.69. The number of hydrogen-bond donors (Lipinski definition) is 0. The van der Waals surface area contributed by atoms with Gasteiger partial charge in [0.2, 0.25) is 0 Å². The first-order chi connectivity index (χ1) is 10.8. The Bertz CT molecular complexity index is 285. The Kier molecular flexibility index (Phi) is 12.1. The first-order valence-corrected chi connectivity index (χ1v) is 9.63. The van der Waals surface area contributed by atoms with Crippen molar-refractivity contribution >= 4 is 5.97 Å². The highest BCUT2D eigenvalue weighted by Crippen LogP contribution is 2.17. The Morgan fingerprint density at radius 1 is 0.864 bits per heavy atom. The molecular weight excluding hydrogens is 272 g/mol. The minimum atomic E-state index is 0.0124. The molecule has 0 aromatic rings. The van der Waals surface area contributed by atoms with Gasteiger partial charge >= 0.3 is 5.97 Å². The number of carbonyl (C=O) groups is 1. The van der Waals surface area contributed by atoms with Gasteiger partial charge in [-0.25, -0.2) is 0 Å². The summed E-state index contributed by atoms with van der Waals surface area (Å²) in [7, 11) is 0. The minimum Gasteiger partial charge on any atom is -0.462 e. The van der Waals surface area contributed by atoms with Crippen molar-refractivity contribution in [2.75, 3.05) is 0 Å². The summed E-state index contributed by atoms with van der Waals surface area (Å²) in [5.74, 6) is 0.0124. The maximum absolute atomic E-state index is 12.0. The molecule has 0 amide bonds. The summed E-state index contributed by atoms with van der Waals surface area (Å²) in [6, 6.07) is 0. The van der Waals surface area contributed by atoms with Crippen molar-refractivity contribution in [3.8, 4) is 0 Å². The van der Waals surface area contributed by atoms with Gasteiger partial charge in [0.05, 0.1) is 0 Å². The summed E-state index contributed by atoms with van der Waals surface area (Å²) in [6.45, 7) is 3.78. The molecule has 0 saturated carbocycles. The molecular formula is C20H36O2. The SMILES string of the molecule is C=CCCC1CCCCCCCCCCCCCCC(=O)O1. The van der Waals surface area contributed by atoms with Crippen LogP contribution in [0.1, 0.15) is 103 Å². The first-order valence-electron chi connectivity index (χ1n) is 9.63. The van der Waals surface area contributed by atoms with E-state index >= 15 is 0 Å². The number of ether oxygens (including phenoxy) is 1. The van der Waals surface area contributed by atoms with E-state index in [4.69, 9.17) is 4.74 Å². The maximum atomic E-state index is 12.0. The molecule has 0 spiro atoms. The van der Waals surface area contributed by atoms with Gasteiger partial charge in [-0.05, 0) is 32.1 Å². The van der Waals surface area contributed by atoms with Crippen LogP contribution in [-0.2, 0) is 9.53 Å². The molecule has 0 aromatic heterocycles. The lowest BCUT2D eigenvalue weighted by Gasteiger charge is -2.17. The van der Waals surface area contributed by atoms with Crippen molar-refractivity contribution in [1.29, 1.82) is 0 Å². The third-order valence-electron chi connectivity index (χ3n) is 4.65. The number of rotatable bonds is 3. The lowest BCUT2D eigenvalue weighted by molar-refractivity contribution is -0.149. The average Bonchev–Trinajstić information content (AvgIpc) is 2.52. The first kappa shape index (κ1) is 19.3. The average molecular weight is 309 g/mol. The van der Waals surface area contributed by atoms with Gasteiger partial charge in [0.25, 0.3) is 0 Å². The van der Waals surface area contributed by atoms with E-state index in [0.717, 1.165) is 25.7 Å². The Morgan fingerprint density at radius 3 is 1.91 bits per heavy atom. The summed E-state index contributed by atoms with van der Waals surface area (Å²) in [5.41, 5.74) is 0. The third-order valence-corrected chi connectivity index (χ3v) is 4.65. The molecule has 0 aromatic carbocycles. The predicted molar refractivity (Wildman–Crippen MR) is 93.9 cm³/mol. The largest absolute Gasteiger partial charge is 0.462 e. The van der Waals surface area contributed by atoms with Gasteiger partial charge in [0, 0.05) is 6.42 Å². The van der Waals surface area contributed by atoms with E-state index in [1.165, 1.54) is 70.6 Å². The molecule has 1 fully saturated rings. The van der Waals surface area contributed by atoms with E-state index in [9.17, 15) is 4.79 Å². The van der Waals surface area contributed by atoms with E-state index in [1.54, 1.807) is 0 Å². The number of carbonyl (C=O) groups excluding carboxylic acids is 1. The second-order valence-electron chi connectivity index (χ2n) is 6.76. The van der Waals surface area contributed by atoms with Gasteiger partial charge < -0.3 is 4.74 Å². The van der Waals surface area contributed by atoms with Gasteiger partial charge in [-0.3, -0.25) is 4.79 Å². The van der Waals surface area contributed by atoms with Gasteiger partial charge in [0.15, 0.2) is 0 Å². The number of cyclic esters (lactones) is 1. The van der Waals surface area contributed by atoms with Crippen molar-refractivity contribution in [2.24, 2.45) is 0 Å². The fourth-order valence-electron chi connectivity index (χ4n) is 3.22. The third kappa shape index (κ3) is 10.9. The molecule has 22 heavy (non-hydrogen) atoms. The van der Waals surface area contributed by atoms with Crippen LogP contribution >= 0.6 is 0 Å². The van der Waals surface area contributed by atoms with Crippen molar-refractivity contribution in [3.63, 3.8) is 0 Å². The maximum Gasteiger partial charge on any atom is 0.306 e. The summed E-state index contributed by atoms with van der Waals surface area (Å²) < 4.78 is 5.69. The van der Waals surface area contributed by atoms with E-state index in [0.29, 0.717) is 6.42 Å². The molecule has 1 atom stereocenters. The molecule has 1 aliphatic heterocycles. The van der Waals surface area contributed by atoms with Gasteiger partial charge in [0.1, 0.15) is 6.10 Å². The fraction of sp³-hybridized carbons (Fsp3) is 0.850. The monoisotopic (exact) mass is 308 g/mol. The molecule has 2 heteroatoms. The zero-order chi connectivity index (χ0) is 15.9. The molecule has 128 valence electrons. The lowest BCUT2D eigenvalue weighted by atomic mass is 10.0. The summed E-state index contributed by atoms with van der Waals surface area (Å²) >= 11 is 0. The highest BCUT2D eigenvalue weighted by atomic mass is 16.5. The fourth-order valence-corrected chi connectivity index (χ4v) is 3.22. The summed E-state index contributed by atoms with van der Waals surface area (Å²) in [4.78, 5) is 12.0. The molecule has 0 radical (unpaired) electrons.